The SMILES string of the molecule is Cc1cccc2c(CC(N)=O)nccc12. The second-order valence-electron chi connectivity index (χ2n) is 3.57. The highest BCUT2D eigenvalue weighted by molar-refractivity contribution is 5.90. The second kappa shape index (κ2) is 3.69. The largest absolute Gasteiger partial charge is 0.369 e. The van der Waals surface area contributed by atoms with E-state index in [1.54, 1.807) is 6.20 Å². The van der Waals surface area contributed by atoms with Gasteiger partial charge in [0, 0.05) is 11.6 Å². The van der Waals surface area contributed by atoms with Crippen LogP contribution in [0.25, 0.3) is 10.8 Å². The van der Waals surface area contributed by atoms with Crippen molar-refractivity contribution in [2.24, 2.45) is 5.73 Å². The fraction of sp³-hybridized carbons (Fsp3) is 0.167. The molecule has 0 saturated heterocycles. The lowest BCUT2D eigenvalue weighted by Crippen LogP contribution is -2.14. The van der Waals surface area contributed by atoms with Gasteiger partial charge in [0.2, 0.25) is 5.91 Å². The van der Waals surface area contributed by atoms with Crippen LogP contribution in [-0.2, 0) is 11.2 Å². The molecular weight excluding hydrogens is 188 g/mol. The summed E-state index contributed by atoms with van der Waals surface area (Å²) in [5, 5.41) is 2.14. The molecule has 76 valence electrons. The van der Waals surface area contributed by atoms with E-state index in [9.17, 15) is 4.79 Å². The van der Waals surface area contributed by atoms with Crippen molar-refractivity contribution in [2.45, 2.75) is 13.3 Å². The van der Waals surface area contributed by atoms with E-state index >= 15 is 0 Å². The van der Waals surface area contributed by atoms with Crippen molar-refractivity contribution in [1.82, 2.24) is 4.98 Å². The summed E-state index contributed by atoms with van der Waals surface area (Å²) in [6, 6.07) is 7.92. The molecular formula is C12H12N2O. The van der Waals surface area contributed by atoms with Crippen molar-refractivity contribution in [3.63, 3.8) is 0 Å². The second-order valence-corrected chi connectivity index (χ2v) is 3.57. The molecule has 0 bridgehead atoms. The van der Waals surface area contributed by atoms with Crippen molar-refractivity contribution in [3.05, 3.63) is 41.7 Å². The normalized spacial score (nSPS) is 10.5. The standard InChI is InChI=1S/C12H12N2O/c1-8-3-2-4-10-9(8)5-6-14-11(10)7-12(13)15/h2-6H,7H2,1H3,(H2,13,15). The maximum atomic E-state index is 10.9. The minimum atomic E-state index is -0.350. The van der Waals surface area contributed by atoms with Crippen LogP contribution in [0.4, 0.5) is 0 Å². The van der Waals surface area contributed by atoms with E-state index in [2.05, 4.69) is 4.98 Å². The zero-order chi connectivity index (χ0) is 10.8. The molecule has 0 radical (unpaired) electrons. The summed E-state index contributed by atoms with van der Waals surface area (Å²) >= 11 is 0. The van der Waals surface area contributed by atoms with Gasteiger partial charge >= 0.3 is 0 Å². The van der Waals surface area contributed by atoms with Crippen LogP contribution in [0.1, 0.15) is 11.3 Å². The Kier molecular flexibility index (Phi) is 2.37. The van der Waals surface area contributed by atoms with E-state index in [4.69, 9.17) is 5.73 Å². The Morgan fingerprint density at radius 2 is 2.13 bits per heavy atom. The minimum absolute atomic E-state index is 0.195. The molecule has 0 atom stereocenters. The van der Waals surface area contributed by atoms with Gasteiger partial charge in [-0.15, -0.1) is 0 Å². The Labute approximate surface area is 87.9 Å². The van der Waals surface area contributed by atoms with Crippen LogP contribution >= 0.6 is 0 Å². The Balaban J connectivity index is 2.65. The Morgan fingerprint density at radius 1 is 1.33 bits per heavy atom. The summed E-state index contributed by atoms with van der Waals surface area (Å²) in [5.41, 5.74) is 7.11. The first kappa shape index (κ1) is 9.65. The number of nitrogens with zero attached hydrogens (tertiary/aromatic N) is 1. The van der Waals surface area contributed by atoms with Gasteiger partial charge in [-0.3, -0.25) is 9.78 Å². The van der Waals surface area contributed by atoms with Crippen molar-refractivity contribution in [2.75, 3.05) is 0 Å². The third kappa shape index (κ3) is 1.81. The molecule has 1 heterocycles. The first-order valence-electron chi connectivity index (χ1n) is 4.80. The van der Waals surface area contributed by atoms with Crippen LogP contribution in [0.5, 0.6) is 0 Å². The summed E-state index contributed by atoms with van der Waals surface area (Å²) in [5.74, 6) is -0.350. The predicted octanol–water partition coefficient (Wildman–Crippen LogP) is 1.57. The number of aromatic nitrogens is 1. The lowest BCUT2D eigenvalue weighted by atomic mass is 10.0. The molecule has 3 heteroatoms. The first-order valence-corrected chi connectivity index (χ1v) is 4.80. The van der Waals surface area contributed by atoms with Gasteiger partial charge < -0.3 is 5.73 Å². The predicted molar refractivity (Wildman–Crippen MR) is 59.4 cm³/mol. The van der Waals surface area contributed by atoms with E-state index in [0.29, 0.717) is 0 Å². The third-order valence-corrected chi connectivity index (χ3v) is 2.45. The van der Waals surface area contributed by atoms with Gasteiger partial charge in [0.05, 0.1) is 12.1 Å². The molecule has 0 saturated carbocycles. The van der Waals surface area contributed by atoms with Crippen LogP contribution in [0.15, 0.2) is 30.5 Å². The average Bonchev–Trinajstić information content (AvgIpc) is 2.19. The van der Waals surface area contributed by atoms with Gasteiger partial charge in [-0.1, -0.05) is 18.2 Å². The van der Waals surface area contributed by atoms with E-state index in [1.165, 1.54) is 5.56 Å². The van der Waals surface area contributed by atoms with Gasteiger partial charge in [-0.05, 0) is 23.9 Å². The van der Waals surface area contributed by atoms with Crippen molar-refractivity contribution in [1.29, 1.82) is 0 Å². The van der Waals surface area contributed by atoms with E-state index in [1.807, 2.05) is 31.2 Å². The van der Waals surface area contributed by atoms with Gasteiger partial charge in [0.1, 0.15) is 0 Å². The summed E-state index contributed by atoms with van der Waals surface area (Å²) < 4.78 is 0. The lowest BCUT2D eigenvalue weighted by molar-refractivity contribution is -0.117. The zero-order valence-electron chi connectivity index (χ0n) is 8.53. The fourth-order valence-corrected chi connectivity index (χ4v) is 1.73. The summed E-state index contributed by atoms with van der Waals surface area (Å²) in [4.78, 5) is 15.1. The molecule has 2 aromatic rings. The molecule has 0 unspecified atom stereocenters. The zero-order valence-corrected chi connectivity index (χ0v) is 8.53. The molecule has 0 spiro atoms. The molecule has 0 fully saturated rings. The Hall–Kier alpha value is -1.90. The van der Waals surface area contributed by atoms with Crippen LogP contribution in [0, 0.1) is 6.92 Å². The highest BCUT2D eigenvalue weighted by Crippen LogP contribution is 2.20. The monoisotopic (exact) mass is 200 g/mol. The van der Waals surface area contributed by atoms with Crippen molar-refractivity contribution < 1.29 is 4.79 Å². The topological polar surface area (TPSA) is 56.0 Å². The smallest absolute Gasteiger partial charge is 0.223 e. The van der Waals surface area contributed by atoms with E-state index in [0.717, 1.165) is 16.5 Å². The highest BCUT2D eigenvalue weighted by Gasteiger charge is 2.06. The maximum absolute atomic E-state index is 10.9. The van der Waals surface area contributed by atoms with Gasteiger partial charge in [0.15, 0.2) is 0 Å². The number of pyridine rings is 1. The Bertz CT molecular complexity index is 520. The third-order valence-electron chi connectivity index (χ3n) is 2.45. The number of fused-ring (bicyclic) bond motifs is 1. The van der Waals surface area contributed by atoms with Crippen molar-refractivity contribution in [3.8, 4) is 0 Å². The van der Waals surface area contributed by atoms with E-state index in [-0.39, 0.29) is 12.3 Å². The number of rotatable bonds is 2. The molecule has 0 aliphatic heterocycles. The molecule has 15 heavy (non-hydrogen) atoms. The van der Waals surface area contributed by atoms with Crippen molar-refractivity contribution >= 4 is 16.7 Å². The molecule has 1 amide bonds. The average molecular weight is 200 g/mol. The Morgan fingerprint density at radius 3 is 2.87 bits per heavy atom. The summed E-state index contributed by atoms with van der Waals surface area (Å²) in [6.07, 6.45) is 1.91. The summed E-state index contributed by atoms with van der Waals surface area (Å²) in [6.45, 7) is 2.04. The minimum Gasteiger partial charge on any atom is -0.369 e. The first-order chi connectivity index (χ1) is 7.18. The van der Waals surface area contributed by atoms with Gasteiger partial charge in [0.25, 0.3) is 0 Å². The summed E-state index contributed by atoms with van der Waals surface area (Å²) in [7, 11) is 0. The number of primary amides is 1. The number of benzene rings is 1. The number of nitrogens with two attached hydrogens (primary N) is 1. The lowest BCUT2D eigenvalue weighted by Gasteiger charge is -2.05. The number of hydrogen-bond acceptors (Lipinski definition) is 2. The number of carbonyl (C=O) groups excluding carboxylic acids is 1. The van der Waals surface area contributed by atoms with Crippen LogP contribution in [-0.4, -0.2) is 10.9 Å². The maximum Gasteiger partial charge on any atom is 0.223 e. The highest BCUT2D eigenvalue weighted by atomic mass is 16.1. The molecule has 1 aromatic heterocycles. The molecule has 3 nitrogen and oxygen atoms in total. The quantitative estimate of drug-likeness (QED) is 0.800. The van der Waals surface area contributed by atoms with Gasteiger partial charge in [-0.2, -0.15) is 0 Å². The number of amides is 1. The molecule has 0 aliphatic carbocycles. The van der Waals surface area contributed by atoms with Crippen LogP contribution < -0.4 is 5.73 Å². The molecule has 2 rings (SSSR count). The van der Waals surface area contributed by atoms with E-state index < -0.39 is 0 Å². The fourth-order valence-electron chi connectivity index (χ4n) is 1.73. The van der Waals surface area contributed by atoms with Gasteiger partial charge in [-0.25, -0.2) is 0 Å². The molecule has 2 N–H and O–H groups in total. The van der Waals surface area contributed by atoms with Crippen LogP contribution in [0.3, 0.4) is 0 Å². The molecule has 1 aromatic carbocycles. The number of carbonyl (C=O) groups is 1. The van der Waals surface area contributed by atoms with Crippen LogP contribution in [0.2, 0.25) is 0 Å². The molecule has 0 aliphatic rings. The number of hydrogen-bond donors (Lipinski definition) is 1. The number of aryl methyl sites for hydroxylation is 1.